The van der Waals surface area contributed by atoms with Crippen molar-refractivity contribution in [2.45, 2.75) is 19.1 Å². The number of benzene rings is 3. The fourth-order valence-electron chi connectivity index (χ4n) is 3.09. The lowest BCUT2D eigenvalue weighted by molar-refractivity contribution is -0.125. The minimum absolute atomic E-state index is 0.367. The normalized spacial score (nSPS) is 12.8. The molecule has 0 aliphatic carbocycles. The summed E-state index contributed by atoms with van der Waals surface area (Å²) in [6.07, 6.45) is -1.10. The van der Waals surface area contributed by atoms with Crippen molar-refractivity contribution in [1.29, 1.82) is 0 Å². The molecule has 0 saturated carbocycles. The average molecular weight is 389 g/mol. The molecule has 2 atom stereocenters. The van der Waals surface area contributed by atoms with Gasteiger partial charge in [0.15, 0.2) is 5.78 Å². The van der Waals surface area contributed by atoms with E-state index in [0.29, 0.717) is 5.56 Å². The number of hydrogen-bond donors (Lipinski definition) is 3. The van der Waals surface area contributed by atoms with Gasteiger partial charge in [-0.15, -0.1) is 0 Å². The molecule has 0 unspecified atom stereocenters. The molecular formula is C24H23NO4. The lowest BCUT2D eigenvalue weighted by atomic mass is 9.99. The van der Waals surface area contributed by atoms with Gasteiger partial charge in [0.05, 0.1) is 6.10 Å². The summed E-state index contributed by atoms with van der Waals surface area (Å²) >= 11 is 0. The fourth-order valence-corrected chi connectivity index (χ4v) is 3.09. The zero-order valence-corrected chi connectivity index (χ0v) is 16.1. The first-order valence-electron chi connectivity index (χ1n) is 9.38. The van der Waals surface area contributed by atoms with Gasteiger partial charge in [0.2, 0.25) is 0 Å². The number of amides is 1. The number of Topliss-reactive ketones (excluding diaryl/α,β-unsaturated/α-hetero) is 1. The Morgan fingerprint density at radius 2 is 1.24 bits per heavy atom. The molecule has 0 aliphatic rings. The van der Waals surface area contributed by atoms with Crippen molar-refractivity contribution >= 4 is 11.7 Å². The van der Waals surface area contributed by atoms with Crippen LogP contribution < -0.4 is 5.32 Å². The van der Waals surface area contributed by atoms with Crippen molar-refractivity contribution in [3.05, 3.63) is 84.4 Å². The SMILES string of the molecule is C[C@@H](O)[C@H](NC(=O)c1ccc(-c2ccc(-c3ccccc3)cc2)cc1)C(=O)CO. The Hall–Kier alpha value is -3.28. The highest BCUT2D eigenvalue weighted by Gasteiger charge is 2.25. The molecule has 3 N–H and O–H groups in total. The third-order valence-corrected chi connectivity index (χ3v) is 4.74. The molecule has 0 saturated heterocycles. The molecule has 3 aromatic rings. The van der Waals surface area contributed by atoms with Gasteiger partial charge in [-0.2, -0.15) is 0 Å². The second-order valence-corrected chi connectivity index (χ2v) is 6.84. The van der Waals surface area contributed by atoms with Crippen molar-refractivity contribution in [3.8, 4) is 22.3 Å². The quantitative estimate of drug-likeness (QED) is 0.580. The highest BCUT2D eigenvalue weighted by Crippen LogP contribution is 2.25. The molecule has 3 rings (SSSR count). The summed E-state index contributed by atoms with van der Waals surface area (Å²) in [5.74, 6) is -1.12. The summed E-state index contributed by atoms with van der Waals surface area (Å²) in [4.78, 5) is 24.0. The second kappa shape index (κ2) is 9.28. The smallest absolute Gasteiger partial charge is 0.251 e. The predicted molar refractivity (Wildman–Crippen MR) is 112 cm³/mol. The number of aliphatic hydroxyl groups is 2. The fraction of sp³-hybridized carbons (Fsp3) is 0.167. The molecule has 3 aromatic carbocycles. The zero-order chi connectivity index (χ0) is 20.8. The summed E-state index contributed by atoms with van der Waals surface area (Å²) in [7, 11) is 0. The van der Waals surface area contributed by atoms with Gasteiger partial charge in [-0.1, -0.05) is 66.7 Å². The minimum Gasteiger partial charge on any atom is -0.391 e. The van der Waals surface area contributed by atoms with E-state index in [2.05, 4.69) is 29.6 Å². The third-order valence-electron chi connectivity index (χ3n) is 4.74. The van der Waals surface area contributed by atoms with Crippen molar-refractivity contribution in [1.82, 2.24) is 5.32 Å². The van der Waals surface area contributed by atoms with Crippen molar-refractivity contribution < 1.29 is 19.8 Å². The number of hydrogen-bond acceptors (Lipinski definition) is 4. The molecule has 0 fully saturated rings. The van der Waals surface area contributed by atoms with Crippen molar-refractivity contribution in [3.63, 3.8) is 0 Å². The van der Waals surface area contributed by atoms with Crippen LogP contribution >= 0.6 is 0 Å². The second-order valence-electron chi connectivity index (χ2n) is 6.84. The Bertz CT molecular complexity index is 964. The maximum atomic E-state index is 12.4. The van der Waals surface area contributed by atoms with Gasteiger partial charge in [0, 0.05) is 5.56 Å². The van der Waals surface area contributed by atoms with Gasteiger partial charge in [-0.05, 0) is 41.3 Å². The number of carbonyl (C=O) groups excluding carboxylic acids is 2. The molecule has 0 aliphatic heterocycles. The average Bonchev–Trinajstić information content (AvgIpc) is 2.77. The summed E-state index contributed by atoms with van der Waals surface area (Å²) in [6, 6.07) is 24.1. The Morgan fingerprint density at radius 1 is 0.793 bits per heavy atom. The molecular weight excluding hydrogens is 366 g/mol. The molecule has 29 heavy (non-hydrogen) atoms. The van der Waals surface area contributed by atoms with E-state index in [0.717, 1.165) is 22.3 Å². The first-order chi connectivity index (χ1) is 14.0. The number of carbonyl (C=O) groups is 2. The summed E-state index contributed by atoms with van der Waals surface area (Å²) in [6.45, 7) is 0.647. The monoisotopic (exact) mass is 389 g/mol. The Balaban J connectivity index is 1.73. The first kappa shape index (κ1) is 20.5. The third kappa shape index (κ3) is 4.96. The van der Waals surface area contributed by atoms with Crippen molar-refractivity contribution in [2.75, 3.05) is 6.61 Å². The van der Waals surface area contributed by atoms with E-state index in [4.69, 9.17) is 5.11 Å². The van der Waals surface area contributed by atoms with Crippen LogP contribution in [-0.2, 0) is 4.79 Å². The van der Waals surface area contributed by atoms with Gasteiger partial charge < -0.3 is 15.5 Å². The Morgan fingerprint density at radius 3 is 1.69 bits per heavy atom. The topological polar surface area (TPSA) is 86.6 Å². The molecule has 148 valence electrons. The van der Waals surface area contributed by atoms with E-state index in [9.17, 15) is 14.7 Å². The van der Waals surface area contributed by atoms with Gasteiger partial charge in [0.25, 0.3) is 5.91 Å². The van der Waals surface area contributed by atoms with Crippen LogP contribution in [0.3, 0.4) is 0 Å². The molecule has 5 nitrogen and oxygen atoms in total. The number of aliphatic hydroxyl groups excluding tert-OH is 2. The summed E-state index contributed by atoms with van der Waals surface area (Å²) in [5.41, 5.74) is 4.62. The Labute approximate surface area is 169 Å². The highest BCUT2D eigenvalue weighted by atomic mass is 16.3. The number of ketones is 1. The minimum atomic E-state index is -1.14. The molecule has 0 bridgehead atoms. The van der Waals surface area contributed by atoms with Crippen LogP contribution in [0.25, 0.3) is 22.3 Å². The maximum Gasteiger partial charge on any atom is 0.251 e. The molecule has 0 radical (unpaired) electrons. The predicted octanol–water partition coefficient (Wildman–Crippen LogP) is 3.06. The Kier molecular flexibility index (Phi) is 6.54. The molecule has 0 aromatic heterocycles. The van der Waals surface area contributed by atoms with Crippen LogP contribution in [0.4, 0.5) is 0 Å². The van der Waals surface area contributed by atoms with Crippen LogP contribution in [0.2, 0.25) is 0 Å². The lowest BCUT2D eigenvalue weighted by Gasteiger charge is -2.19. The van der Waals surface area contributed by atoms with E-state index in [-0.39, 0.29) is 0 Å². The van der Waals surface area contributed by atoms with Gasteiger partial charge in [-0.25, -0.2) is 0 Å². The van der Waals surface area contributed by atoms with Gasteiger partial charge in [0.1, 0.15) is 12.6 Å². The lowest BCUT2D eigenvalue weighted by Crippen LogP contribution is -2.48. The summed E-state index contributed by atoms with van der Waals surface area (Å²) < 4.78 is 0. The van der Waals surface area contributed by atoms with E-state index in [1.807, 2.05) is 42.5 Å². The number of nitrogens with one attached hydrogen (secondary N) is 1. The molecule has 1 amide bonds. The largest absolute Gasteiger partial charge is 0.391 e. The standard InChI is InChI=1S/C24H23NO4/c1-16(27)23(22(28)15-26)25-24(29)21-13-11-20(12-14-21)19-9-7-18(8-10-19)17-5-3-2-4-6-17/h2-14,16,23,26-27H,15H2,1H3,(H,25,29)/t16-,23+/m1/s1. The van der Waals surface area contributed by atoms with Crippen LogP contribution in [0.15, 0.2) is 78.9 Å². The van der Waals surface area contributed by atoms with Crippen molar-refractivity contribution in [2.24, 2.45) is 0 Å². The van der Waals surface area contributed by atoms with Crippen LogP contribution in [0.1, 0.15) is 17.3 Å². The zero-order valence-electron chi connectivity index (χ0n) is 16.1. The van der Waals surface area contributed by atoms with E-state index >= 15 is 0 Å². The van der Waals surface area contributed by atoms with Gasteiger partial charge >= 0.3 is 0 Å². The van der Waals surface area contributed by atoms with Crippen LogP contribution in [0, 0.1) is 0 Å². The van der Waals surface area contributed by atoms with E-state index in [1.54, 1.807) is 12.1 Å². The van der Waals surface area contributed by atoms with Gasteiger partial charge in [-0.3, -0.25) is 9.59 Å². The maximum absolute atomic E-state index is 12.4. The molecule has 0 heterocycles. The molecule has 5 heteroatoms. The van der Waals surface area contributed by atoms with E-state index < -0.39 is 30.4 Å². The molecule has 0 spiro atoms. The number of rotatable bonds is 7. The summed E-state index contributed by atoms with van der Waals surface area (Å²) in [5, 5.41) is 21.1. The van der Waals surface area contributed by atoms with Crippen LogP contribution in [0.5, 0.6) is 0 Å². The van der Waals surface area contributed by atoms with E-state index in [1.165, 1.54) is 6.92 Å². The highest BCUT2D eigenvalue weighted by molar-refractivity contribution is 5.98. The first-order valence-corrected chi connectivity index (χ1v) is 9.38. The van der Waals surface area contributed by atoms with Crippen LogP contribution in [-0.4, -0.2) is 40.7 Å².